The van der Waals surface area contributed by atoms with Gasteiger partial charge in [0.1, 0.15) is 5.75 Å². The fraction of sp³-hybridized carbons (Fsp3) is 0.600. The first-order valence-electron chi connectivity index (χ1n) is 7.02. The van der Waals surface area contributed by atoms with Crippen molar-refractivity contribution in [1.82, 2.24) is 0 Å². The number of rotatable bonds is 4. The van der Waals surface area contributed by atoms with Crippen molar-refractivity contribution in [1.29, 1.82) is 0 Å². The Morgan fingerprint density at radius 2 is 2.32 bits per heavy atom. The lowest BCUT2D eigenvalue weighted by Gasteiger charge is -2.26. The normalized spacial score (nSPS) is 23.7. The van der Waals surface area contributed by atoms with Crippen LogP contribution in [-0.2, 0) is 12.8 Å². The summed E-state index contributed by atoms with van der Waals surface area (Å²) in [5.41, 5.74) is 9.13. The SMILES string of the molecule is NC(CCc1ccc2c(c1)CCO2)C1CSCCS1. The van der Waals surface area contributed by atoms with E-state index in [2.05, 4.69) is 41.7 Å². The molecule has 2 heterocycles. The Kier molecular flexibility index (Phi) is 4.61. The molecule has 2 aliphatic rings. The van der Waals surface area contributed by atoms with Gasteiger partial charge in [-0.25, -0.2) is 0 Å². The van der Waals surface area contributed by atoms with Crippen LogP contribution in [0.3, 0.4) is 0 Å². The highest BCUT2D eigenvalue weighted by Crippen LogP contribution is 2.29. The first-order chi connectivity index (χ1) is 9.33. The summed E-state index contributed by atoms with van der Waals surface area (Å²) in [6, 6.07) is 6.95. The molecule has 0 amide bonds. The summed E-state index contributed by atoms with van der Waals surface area (Å²) in [6.45, 7) is 0.842. The zero-order chi connectivity index (χ0) is 13.1. The standard InChI is InChI=1S/C15H21NOS2/c16-13(15-10-18-7-8-19-15)3-1-11-2-4-14-12(9-11)5-6-17-14/h2,4,9,13,15H,1,3,5-8,10,16H2. The maximum atomic E-state index is 6.35. The largest absolute Gasteiger partial charge is 0.493 e. The van der Waals surface area contributed by atoms with Gasteiger partial charge in [0.2, 0.25) is 0 Å². The van der Waals surface area contributed by atoms with E-state index in [4.69, 9.17) is 10.5 Å². The Labute approximate surface area is 123 Å². The third-order valence-corrected chi connectivity index (χ3v) is 6.78. The van der Waals surface area contributed by atoms with Gasteiger partial charge >= 0.3 is 0 Å². The first kappa shape index (κ1) is 13.7. The van der Waals surface area contributed by atoms with Crippen LogP contribution < -0.4 is 10.5 Å². The summed E-state index contributed by atoms with van der Waals surface area (Å²) in [5, 5.41) is 0.650. The predicted octanol–water partition coefficient (Wildman–Crippen LogP) is 2.73. The Morgan fingerprint density at radius 1 is 1.37 bits per heavy atom. The molecule has 2 atom stereocenters. The minimum atomic E-state index is 0.335. The topological polar surface area (TPSA) is 35.2 Å². The number of fused-ring (bicyclic) bond motifs is 1. The second-order valence-electron chi connectivity index (χ2n) is 5.23. The van der Waals surface area contributed by atoms with Gasteiger partial charge < -0.3 is 10.5 Å². The molecular formula is C15H21NOS2. The van der Waals surface area contributed by atoms with E-state index in [0.717, 1.165) is 31.6 Å². The van der Waals surface area contributed by atoms with Crippen LogP contribution in [0.15, 0.2) is 18.2 Å². The molecule has 2 nitrogen and oxygen atoms in total. The number of aryl methyl sites for hydroxylation is 1. The van der Waals surface area contributed by atoms with E-state index >= 15 is 0 Å². The van der Waals surface area contributed by atoms with Crippen molar-refractivity contribution in [2.75, 3.05) is 23.9 Å². The van der Waals surface area contributed by atoms with Gasteiger partial charge in [0.15, 0.2) is 0 Å². The lowest BCUT2D eigenvalue weighted by molar-refractivity contribution is 0.357. The third kappa shape index (κ3) is 3.41. The Balaban J connectivity index is 1.53. The molecule has 0 aromatic heterocycles. The summed E-state index contributed by atoms with van der Waals surface area (Å²) in [6.07, 6.45) is 3.25. The van der Waals surface area contributed by atoms with E-state index in [0.29, 0.717) is 11.3 Å². The minimum absolute atomic E-state index is 0.335. The van der Waals surface area contributed by atoms with Crippen LogP contribution in [0, 0.1) is 0 Å². The van der Waals surface area contributed by atoms with Gasteiger partial charge in [-0.2, -0.15) is 23.5 Å². The van der Waals surface area contributed by atoms with Crippen LogP contribution in [0.2, 0.25) is 0 Å². The van der Waals surface area contributed by atoms with Crippen molar-refractivity contribution in [2.45, 2.75) is 30.6 Å². The molecule has 0 spiro atoms. The van der Waals surface area contributed by atoms with E-state index in [1.54, 1.807) is 0 Å². The maximum absolute atomic E-state index is 6.35. The van der Waals surface area contributed by atoms with Crippen LogP contribution in [0.25, 0.3) is 0 Å². The fourth-order valence-corrected chi connectivity index (χ4v) is 5.53. The highest BCUT2D eigenvalue weighted by atomic mass is 32.2. The van der Waals surface area contributed by atoms with Gasteiger partial charge in [-0.1, -0.05) is 12.1 Å². The van der Waals surface area contributed by atoms with Crippen molar-refractivity contribution >= 4 is 23.5 Å². The smallest absolute Gasteiger partial charge is 0.122 e. The highest BCUT2D eigenvalue weighted by Gasteiger charge is 2.21. The average Bonchev–Trinajstić information content (AvgIpc) is 2.93. The lowest BCUT2D eigenvalue weighted by Crippen LogP contribution is -2.36. The van der Waals surface area contributed by atoms with Gasteiger partial charge in [-0.05, 0) is 30.0 Å². The van der Waals surface area contributed by atoms with Gasteiger partial charge in [-0.15, -0.1) is 0 Å². The Morgan fingerprint density at radius 3 is 3.16 bits per heavy atom. The monoisotopic (exact) mass is 295 g/mol. The number of benzene rings is 1. The molecule has 2 unspecified atom stereocenters. The van der Waals surface area contributed by atoms with Gasteiger partial charge in [-0.3, -0.25) is 0 Å². The van der Waals surface area contributed by atoms with Crippen molar-refractivity contribution in [3.63, 3.8) is 0 Å². The van der Waals surface area contributed by atoms with Crippen molar-refractivity contribution < 1.29 is 4.74 Å². The van der Waals surface area contributed by atoms with Crippen LogP contribution in [0.5, 0.6) is 5.75 Å². The second-order valence-corrected chi connectivity index (χ2v) is 7.72. The van der Waals surface area contributed by atoms with E-state index in [9.17, 15) is 0 Å². The van der Waals surface area contributed by atoms with Gasteiger partial charge in [0, 0.05) is 35.0 Å². The molecular weight excluding hydrogens is 274 g/mol. The summed E-state index contributed by atoms with van der Waals surface area (Å²) >= 11 is 4.11. The predicted molar refractivity (Wildman–Crippen MR) is 85.5 cm³/mol. The molecule has 0 saturated carbocycles. The number of nitrogens with two attached hydrogens (primary N) is 1. The van der Waals surface area contributed by atoms with Gasteiger partial charge in [0.25, 0.3) is 0 Å². The van der Waals surface area contributed by atoms with Crippen LogP contribution in [-0.4, -0.2) is 35.2 Å². The van der Waals surface area contributed by atoms with Gasteiger partial charge in [0.05, 0.1) is 6.61 Å². The highest BCUT2D eigenvalue weighted by molar-refractivity contribution is 8.06. The van der Waals surface area contributed by atoms with Crippen LogP contribution in [0.1, 0.15) is 17.5 Å². The number of hydrogen-bond donors (Lipinski definition) is 1. The van der Waals surface area contributed by atoms with E-state index in [1.165, 1.54) is 28.4 Å². The van der Waals surface area contributed by atoms with Crippen molar-refractivity contribution in [3.8, 4) is 5.75 Å². The molecule has 0 aliphatic carbocycles. The molecule has 2 aliphatic heterocycles. The molecule has 4 heteroatoms. The molecule has 1 aromatic rings. The zero-order valence-corrected chi connectivity index (χ0v) is 12.8. The number of ether oxygens (including phenoxy) is 1. The third-order valence-electron chi connectivity index (χ3n) is 3.84. The van der Waals surface area contributed by atoms with E-state index in [1.807, 2.05) is 0 Å². The zero-order valence-electron chi connectivity index (χ0n) is 11.1. The summed E-state index contributed by atoms with van der Waals surface area (Å²) < 4.78 is 5.54. The molecule has 104 valence electrons. The second kappa shape index (κ2) is 6.42. The molecule has 0 radical (unpaired) electrons. The first-order valence-corrected chi connectivity index (χ1v) is 9.23. The quantitative estimate of drug-likeness (QED) is 0.926. The van der Waals surface area contributed by atoms with Crippen molar-refractivity contribution in [2.24, 2.45) is 5.73 Å². The van der Waals surface area contributed by atoms with Crippen LogP contribution >= 0.6 is 23.5 Å². The summed E-state index contributed by atoms with van der Waals surface area (Å²) in [7, 11) is 0. The van der Waals surface area contributed by atoms with Crippen molar-refractivity contribution in [3.05, 3.63) is 29.3 Å². The lowest BCUT2D eigenvalue weighted by atomic mass is 10.0. The maximum Gasteiger partial charge on any atom is 0.122 e. The molecule has 1 fully saturated rings. The van der Waals surface area contributed by atoms with Crippen LogP contribution in [0.4, 0.5) is 0 Å². The summed E-state index contributed by atoms with van der Waals surface area (Å²) in [5.74, 6) is 4.86. The minimum Gasteiger partial charge on any atom is -0.493 e. The molecule has 2 N–H and O–H groups in total. The fourth-order valence-electron chi connectivity index (χ4n) is 2.67. The average molecular weight is 295 g/mol. The molecule has 19 heavy (non-hydrogen) atoms. The molecule has 3 rings (SSSR count). The van der Waals surface area contributed by atoms with E-state index in [-0.39, 0.29) is 0 Å². The molecule has 1 saturated heterocycles. The Bertz CT molecular complexity index is 432. The molecule has 1 aromatic carbocycles. The van der Waals surface area contributed by atoms with E-state index < -0.39 is 0 Å². The molecule has 0 bridgehead atoms. The number of hydrogen-bond acceptors (Lipinski definition) is 4. The summed E-state index contributed by atoms with van der Waals surface area (Å²) in [4.78, 5) is 0. The number of thioether (sulfide) groups is 2. The Hall–Kier alpha value is -0.320.